The van der Waals surface area contributed by atoms with Crippen molar-refractivity contribution in [3.8, 4) is 5.75 Å². The number of benzene rings is 1. The molecule has 0 spiro atoms. The Morgan fingerprint density at radius 1 is 1.53 bits per heavy atom. The van der Waals surface area contributed by atoms with Gasteiger partial charge in [0.1, 0.15) is 17.7 Å². The van der Waals surface area contributed by atoms with Crippen molar-refractivity contribution in [3.05, 3.63) is 34.9 Å². The number of aliphatic carboxylic acids is 1. The Labute approximate surface area is 96.1 Å². The standard InChI is InChI=1S/C11H10N2O4/c1-17-8-4-2-3-7-10(8)11(16)13(6-12-7)5-9(14)15/h2-4,6H,5H2,1H3,(H,14,15). The Morgan fingerprint density at radius 2 is 2.29 bits per heavy atom. The van der Waals surface area contributed by atoms with Gasteiger partial charge in [-0.3, -0.25) is 14.2 Å². The maximum atomic E-state index is 12.0. The number of carbonyl (C=O) groups is 1. The number of carboxylic acids is 1. The first-order valence-electron chi connectivity index (χ1n) is 4.87. The van der Waals surface area contributed by atoms with Crippen LogP contribution >= 0.6 is 0 Å². The molecule has 6 heteroatoms. The Kier molecular flexibility index (Phi) is 2.78. The summed E-state index contributed by atoms with van der Waals surface area (Å²) >= 11 is 0. The van der Waals surface area contributed by atoms with E-state index in [1.807, 2.05) is 0 Å². The molecule has 88 valence electrons. The third kappa shape index (κ3) is 1.96. The summed E-state index contributed by atoms with van der Waals surface area (Å²) in [6.07, 6.45) is 1.22. The Morgan fingerprint density at radius 3 is 2.94 bits per heavy atom. The largest absolute Gasteiger partial charge is 0.496 e. The van der Waals surface area contributed by atoms with Crippen molar-refractivity contribution in [1.82, 2.24) is 9.55 Å². The lowest BCUT2D eigenvalue weighted by atomic mass is 10.2. The second-order valence-corrected chi connectivity index (χ2v) is 3.43. The van der Waals surface area contributed by atoms with Gasteiger partial charge >= 0.3 is 5.97 Å². The number of hydrogen-bond donors (Lipinski definition) is 1. The minimum Gasteiger partial charge on any atom is -0.496 e. The molecular weight excluding hydrogens is 224 g/mol. The molecule has 6 nitrogen and oxygen atoms in total. The number of methoxy groups -OCH3 is 1. The van der Waals surface area contributed by atoms with Gasteiger partial charge in [-0.2, -0.15) is 0 Å². The van der Waals surface area contributed by atoms with E-state index in [0.29, 0.717) is 16.7 Å². The molecule has 2 aromatic rings. The van der Waals surface area contributed by atoms with E-state index in [-0.39, 0.29) is 0 Å². The summed E-state index contributed by atoms with van der Waals surface area (Å²) in [7, 11) is 1.45. The van der Waals surface area contributed by atoms with Gasteiger partial charge in [-0.1, -0.05) is 6.07 Å². The van der Waals surface area contributed by atoms with Gasteiger partial charge in [-0.25, -0.2) is 4.98 Å². The van der Waals surface area contributed by atoms with Crippen LogP contribution < -0.4 is 10.3 Å². The number of hydrogen-bond acceptors (Lipinski definition) is 4. The van der Waals surface area contributed by atoms with Gasteiger partial charge in [0.15, 0.2) is 0 Å². The summed E-state index contributed by atoms with van der Waals surface area (Å²) in [6, 6.07) is 5.02. The van der Waals surface area contributed by atoms with Gasteiger partial charge in [-0.15, -0.1) is 0 Å². The molecule has 0 bridgehead atoms. The molecule has 0 amide bonds. The molecule has 0 unspecified atom stereocenters. The van der Waals surface area contributed by atoms with Crippen LogP contribution in [0.15, 0.2) is 29.3 Å². The van der Waals surface area contributed by atoms with Crippen molar-refractivity contribution in [1.29, 1.82) is 0 Å². The molecule has 0 aliphatic heterocycles. The molecule has 17 heavy (non-hydrogen) atoms. The quantitative estimate of drug-likeness (QED) is 0.835. The van der Waals surface area contributed by atoms with E-state index in [1.54, 1.807) is 18.2 Å². The smallest absolute Gasteiger partial charge is 0.323 e. The van der Waals surface area contributed by atoms with E-state index in [0.717, 1.165) is 4.57 Å². The molecule has 0 saturated heterocycles. The summed E-state index contributed by atoms with van der Waals surface area (Å²) in [5.74, 6) is -0.706. The predicted octanol–water partition coefficient (Wildman–Crippen LogP) is 0.490. The topological polar surface area (TPSA) is 81.4 Å². The van der Waals surface area contributed by atoms with Crippen LogP contribution in [0.2, 0.25) is 0 Å². The minimum absolute atomic E-state index is 0.291. The maximum absolute atomic E-state index is 12.0. The van der Waals surface area contributed by atoms with Gasteiger partial charge in [0.2, 0.25) is 0 Å². The SMILES string of the molecule is COc1cccc2ncn(CC(=O)O)c(=O)c12. The molecule has 0 aliphatic rings. The number of carboxylic acid groups (broad SMARTS) is 1. The molecule has 1 aromatic heterocycles. The van der Waals surface area contributed by atoms with Crippen molar-refractivity contribution in [2.24, 2.45) is 0 Å². The molecule has 1 aromatic carbocycles. The van der Waals surface area contributed by atoms with E-state index in [4.69, 9.17) is 9.84 Å². The highest BCUT2D eigenvalue weighted by molar-refractivity contribution is 5.84. The van der Waals surface area contributed by atoms with Crippen LogP contribution in [0.5, 0.6) is 5.75 Å². The average Bonchev–Trinajstić information content (AvgIpc) is 2.31. The summed E-state index contributed by atoms with van der Waals surface area (Å²) in [4.78, 5) is 26.6. The summed E-state index contributed by atoms with van der Waals surface area (Å²) in [5, 5.41) is 8.96. The van der Waals surface area contributed by atoms with Gasteiger partial charge in [-0.05, 0) is 12.1 Å². The normalized spacial score (nSPS) is 10.4. The van der Waals surface area contributed by atoms with E-state index in [9.17, 15) is 9.59 Å². The van der Waals surface area contributed by atoms with Crippen LogP contribution in [0.3, 0.4) is 0 Å². The molecule has 0 aliphatic carbocycles. The van der Waals surface area contributed by atoms with Gasteiger partial charge in [0.25, 0.3) is 5.56 Å². The fourth-order valence-corrected chi connectivity index (χ4v) is 1.60. The van der Waals surface area contributed by atoms with Gasteiger partial charge in [0, 0.05) is 0 Å². The third-order valence-corrected chi connectivity index (χ3v) is 2.34. The average molecular weight is 234 g/mol. The Hall–Kier alpha value is -2.37. The fourth-order valence-electron chi connectivity index (χ4n) is 1.60. The molecule has 1 N–H and O–H groups in total. The van der Waals surface area contributed by atoms with Crippen LogP contribution in [0.1, 0.15) is 0 Å². The lowest BCUT2D eigenvalue weighted by Gasteiger charge is -2.06. The molecule has 0 atom stereocenters. The zero-order valence-corrected chi connectivity index (χ0v) is 9.08. The number of fused-ring (bicyclic) bond motifs is 1. The molecule has 0 saturated carbocycles. The molecule has 1 heterocycles. The Balaban J connectivity index is 2.73. The zero-order valence-electron chi connectivity index (χ0n) is 9.08. The second kappa shape index (κ2) is 4.25. The first kappa shape index (κ1) is 11.1. The highest BCUT2D eigenvalue weighted by Gasteiger charge is 2.10. The number of aromatic nitrogens is 2. The van der Waals surface area contributed by atoms with E-state index in [2.05, 4.69) is 4.98 Å². The lowest BCUT2D eigenvalue weighted by molar-refractivity contribution is -0.137. The Bertz CT molecular complexity index is 633. The van der Waals surface area contributed by atoms with Crippen LogP contribution in [0.4, 0.5) is 0 Å². The minimum atomic E-state index is -1.09. The number of rotatable bonds is 3. The van der Waals surface area contributed by atoms with E-state index < -0.39 is 18.1 Å². The van der Waals surface area contributed by atoms with Crippen molar-refractivity contribution >= 4 is 16.9 Å². The van der Waals surface area contributed by atoms with E-state index in [1.165, 1.54) is 13.4 Å². The van der Waals surface area contributed by atoms with Crippen molar-refractivity contribution in [2.45, 2.75) is 6.54 Å². The van der Waals surface area contributed by atoms with Gasteiger partial charge in [0.05, 0.1) is 19.0 Å². The van der Waals surface area contributed by atoms with Gasteiger partial charge < -0.3 is 9.84 Å². The van der Waals surface area contributed by atoms with Crippen molar-refractivity contribution in [3.63, 3.8) is 0 Å². The highest BCUT2D eigenvalue weighted by atomic mass is 16.5. The van der Waals surface area contributed by atoms with Crippen molar-refractivity contribution < 1.29 is 14.6 Å². The van der Waals surface area contributed by atoms with Crippen LogP contribution in [0, 0.1) is 0 Å². The number of ether oxygens (including phenoxy) is 1. The number of nitrogens with zero attached hydrogens (tertiary/aromatic N) is 2. The maximum Gasteiger partial charge on any atom is 0.323 e. The zero-order chi connectivity index (χ0) is 12.4. The lowest BCUT2D eigenvalue weighted by Crippen LogP contribution is -2.24. The van der Waals surface area contributed by atoms with Crippen LogP contribution in [-0.4, -0.2) is 27.7 Å². The predicted molar refractivity (Wildman–Crippen MR) is 60.2 cm³/mol. The summed E-state index contributed by atoms with van der Waals surface area (Å²) in [6.45, 7) is -0.417. The molecular formula is C11H10N2O4. The molecule has 0 radical (unpaired) electrons. The second-order valence-electron chi connectivity index (χ2n) is 3.43. The summed E-state index contributed by atoms with van der Waals surface area (Å²) < 4.78 is 6.10. The van der Waals surface area contributed by atoms with Crippen molar-refractivity contribution in [2.75, 3.05) is 7.11 Å². The van der Waals surface area contributed by atoms with Crippen LogP contribution in [0.25, 0.3) is 10.9 Å². The third-order valence-electron chi connectivity index (χ3n) is 2.34. The highest BCUT2D eigenvalue weighted by Crippen LogP contribution is 2.19. The van der Waals surface area contributed by atoms with Crippen LogP contribution in [-0.2, 0) is 11.3 Å². The first-order chi connectivity index (χ1) is 8.13. The summed E-state index contributed by atoms with van der Waals surface area (Å²) in [5.41, 5.74) is 0.0610. The monoisotopic (exact) mass is 234 g/mol. The first-order valence-corrected chi connectivity index (χ1v) is 4.87. The molecule has 2 rings (SSSR count). The molecule has 0 fully saturated rings. The van der Waals surface area contributed by atoms with E-state index >= 15 is 0 Å². The fraction of sp³-hybridized carbons (Fsp3) is 0.182.